The van der Waals surface area contributed by atoms with Crippen LogP contribution in [-0.2, 0) is 9.59 Å². The van der Waals surface area contributed by atoms with Gasteiger partial charge in [-0.1, -0.05) is 0 Å². The molecule has 0 saturated carbocycles. The standard InChI is InChI=1S/C5H9NO2.C2HF3O2/c1-5(4(7)8)2-3-6-5;3-2(4,5)1(6)7/h6H,2-3H2,1H3,(H,7,8);(H,6,7). The van der Waals surface area contributed by atoms with Crippen LogP contribution in [0.2, 0.25) is 0 Å². The van der Waals surface area contributed by atoms with Crippen molar-refractivity contribution in [1.29, 1.82) is 0 Å². The molecule has 1 aliphatic rings. The van der Waals surface area contributed by atoms with E-state index in [4.69, 9.17) is 15.0 Å². The molecule has 1 fully saturated rings. The number of nitrogens with one attached hydrogen (secondary N) is 1. The second-order valence-corrected chi connectivity index (χ2v) is 3.12. The van der Waals surface area contributed by atoms with Gasteiger partial charge in [0.1, 0.15) is 5.54 Å². The molecule has 0 amide bonds. The van der Waals surface area contributed by atoms with Crippen LogP contribution >= 0.6 is 0 Å². The van der Waals surface area contributed by atoms with Crippen LogP contribution < -0.4 is 5.32 Å². The van der Waals surface area contributed by atoms with Crippen LogP contribution in [0.1, 0.15) is 13.3 Å². The number of hydrogen-bond acceptors (Lipinski definition) is 3. The Morgan fingerprint density at radius 1 is 1.33 bits per heavy atom. The lowest BCUT2D eigenvalue weighted by molar-refractivity contribution is -0.192. The molecule has 3 N–H and O–H groups in total. The molecule has 0 aromatic rings. The van der Waals surface area contributed by atoms with Crippen molar-refractivity contribution in [3.63, 3.8) is 0 Å². The summed E-state index contributed by atoms with van der Waals surface area (Å²) in [5.74, 6) is -3.50. The van der Waals surface area contributed by atoms with Crippen LogP contribution in [0.3, 0.4) is 0 Å². The van der Waals surface area contributed by atoms with Crippen LogP contribution in [-0.4, -0.2) is 40.4 Å². The molecule has 0 radical (unpaired) electrons. The van der Waals surface area contributed by atoms with E-state index in [1.165, 1.54) is 0 Å². The third-order valence-electron chi connectivity index (χ3n) is 1.85. The fourth-order valence-electron chi connectivity index (χ4n) is 0.683. The van der Waals surface area contributed by atoms with E-state index in [-0.39, 0.29) is 0 Å². The topological polar surface area (TPSA) is 86.6 Å². The summed E-state index contributed by atoms with van der Waals surface area (Å²) in [6.45, 7) is 2.53. The first-order chi connectivity index (χ1) is 6.59. The number of hydrogen-bond donors (Lipinski definition) is 3. The van der Waals surface area contributed by atoms with E-state index < -0.39 is 23.7 Å². The summed E-state index contributed by atoms with van der Waals surface area (Å²) in [4.78, 5) is 19.1. The first-order valence-electron chi connectivity index (χ1n) is 3.88. The number of carbonyl (C=O) groups is 2. The Balaban J connectivity index is 0.000000265. The maximum absolute atomic E-state index is 10.6. The average molecular weight is 229 g/mol. The van der Waals surface area contributed by atoms with Crippen molar-refractivity contribution in [2.75, 3.05) is 6.54 Å². The molecule has 0 aliphatic carbocycles. The number of carboxylic acids is 2. The van der Waals surface area contributed by atoms with Crippen molar-refractivity contribution in [3.05, 3.63) is 0 Å². The molecule has 1 rings (SSSR count). The largest absolute Gasteiger partial charge is 0.490 e. The fraction of sp³-hybridized carbons (Fsp3) is 0.714. The summed E-state index contributed by atoms with van der Waals surface area (Å²) in [5, 5.41) is 18.4. The molecule has 1 atom stereocenters. The molecule has 0 bridgehead atoms. The lowest BCUT2D eigenvalue weighted by Gasteiger charge is -2.35. The summed E-state index contributed by atoms with van der Waals surface area (Å²) in [6, 6.07) is 0. The maximum Gasteiger partial charge on any atom is 0.490 e. The van der Waals surface area contributed by atoms with E-state index in [0.717, 1.165) is 13.0 Å². The van der Waals surface area contributed by atoms with Gasteiger partial charge in [0.15, 0.2) is 0 Å². The van der Waals surface area contributed by atoms with Crippen LogP contribution in [0.25, 0.3) is 0 Å². The maximum atomic E-state index is 10.6. The van der Waals surface area contributed by atoms with E-state index in [9.17, 15) is 18.0 Å². The van der Waals surface area contributed by atoms with Crippen LogP contribution in [0, 0.1) is 0 Å². The van der Waals surface area contributed by atoms with Gasteiger partial charge in [-0.3, -0.25) is 4.79 Å². The SMILES string of the molecule is CC1(C(=O)O)CCN1.O=C(O)C(F)(F)F. The summed E-state index contributed by atoms with van der Waals surface area (Å²) in [6.07, 6.45) is -4.33. The van der Waals surface area contributed by atoms with Crippen LogP contribution in [0.4, 0.5) is 13.2 Å². The summed E-state index contributed by atoms with van der Waals surface area (Å²) >= 11 is 0. The molecule has 88 valence electrons. The van der Waals surface area contributed by atoms with Crippen LogP contribution in [0.15, 0.2) is 0 Å². The highest BCUT2D eigenvalue weighted by molar-refractivity contribution is 5.79. The summed E-state index contributed by atoms with van der Waals surface area (Å²) in [7, 11) is 0. The Labute approximate surface area is 82.9 Å². The Morgan fingerprint density at radius 3 is 1.67 bits per heavy atom. The van der Waals surface area contributed by atoms with Gasteiger partial charge in [0, 0.05) is 0 Å². The highest BCUT2D eigenvalue weighted by atomic mass is 19.4. The number of carboxylic acid groups (broad SMARTS) is 2. The lowest BCUT2D eigenvalue weighted by Crippen LogP contribution is -2.59. The van der Waals surface area contributed by atoms with Gasteiger partial charge in [-0.15, -0.1) is 0 Å². The van der Waals surface area contributed by atoms with Gasteiger partial charge in [0.2, 0.25) is 0 Å². The van der Waals surface area contributed by atoms with Crippen molar-refractivity contribution in [2.45, 2.75) is 25.1 Å². The highest BCUT2D eigenvalue weighted by Gasteiger charge is 2.39. The number of rotatable bonds is 1. The molecule has 0 spiro atoms. The minimum absolute atomic E-state index is 0.611. The van der Waals surface area contributed by atoms with Crippen LogP contribution in [0.5, 0.6) is 0 Å². The molecule has 1 aliphatic heterocycles. The second kappa shape index (κ2) is 4.47. The third-order valence-corrected chi connectivity index (χ3v) is 1.85. The molecule has 8 heteroatoms. The first-order valence-corrected chi connectivity index (χ1v) is 3.88. The minimum Gasteiger partial charge on any atom is -0.480 e. The number of halogens is 3. The first kappa shape index (κ1) is 13.7. The van der Waals surface area contributed by atoms with E-state index in [2.05, 4.69) is 5.32 Å². The third kappa shape index (κ3) is 4.15. The molecule has 5 nitrogen and oxygen atoms in total. The highest BCUT2D eigenvalue weighted by Crippen LogP contribution is 2.16. The van der Waals surface area contributed by atoms with Crippen molar-refractivity contribution in [3.8, 4) is 0 Å². The van der Waals surface area contributed by atoms with Gasteiger partial charge in [-0.25, -0.2) is 4.79 Å². The normalized spacial score (nSPS) is 24.5. The Bertz CT molecular complexity index is 259. The number of alkyl halides is 3. The van der Waals surface area contributed by atoms with E-state index in [1.807, 2.05) is 0 Å². The summed E-state index contributed by atoms with van der Waals surface area (Å²) < 4.78 is 31.7. The molecule has 1 saturated heterocycles. The number of aliphatic carboxylic acids is 2. The lowest BCUT2D eigenvalue weighted by atomic mass is 9.91. The molecule has 0 aromatic carbocycles. The van der Waals surface area contributed by atoms with Crippen molar-refractivity contribution in [1.82, 2.24) is 5.32 Å². The monoisotopic (exact) mass is 229 g/mol. The van der Waals surface area contributed by atoms with E-state index in [0.29, 0.717) is 0 Å². The van der Waals surface area contributed by atoms with Gasteiger partial charge < -0.3 is 15.5 Å². The average Bonchev–Trinajstić information content (AvgIpc) is 1.99. The van der Waals surface area contributed by atoms with Gasteiger partial charge in [-0.2, -0.15) is 13.2 Å². The minimum atomic E-state index is -5.08. The van der Waals surface area contributed by atoms with Gasteiger partial charge in [0.05, 0.1) is 0 Å². The summed E-state index contributed by atoms with van der Waals surface area (Å²) in [5.41, 5.74) is -0.611. The zero-order valence-electron chi connectivity index (χ0n) is 7.76. The van der Waals surface area contributed by atoms with Gasteiger partial charge in [-0.05, 0) is 19.9 Å². The quantitative estimate of drug-likeness (QED) is 0.608. The molecular formula is C7H10F3NO4. The predicted octanol–water partition coefficient (Wildman–Crippen LogP) is 0.456. The molecular weight excluding hydrogens is 219 g/mol. The Hall–Kier alpha value is -1.31. The zero-order chi connectivity index (χ0) is 12.3. The smallest absolute Gasteiger partial charge is 0.480 e. The van der Waals surface area contributed by atoms with Crippen molar-refractivity contribution >= 4 is 11.9 Å². The predicted molar refractivity (Wildman–Crippen MR) is 42.4 cm³/mol. The van der Waals surface area contributed by atoms with Crippen molar-refractivity contribution < 1.29 is 33.0 Å². The molecule has 1 unspecified atom stereocenters. The Morgan fingerprint density at radius 2 is 1.67 bits per heavy atom. The zero-order valence-corrected chi connectivity index (χ0v) is 7.76. The second-order valence-electron chi connectivity index (χ2n) is 3.12. The van der Waals surface area contributed by atoms with Gasteiger partial charge in [0.25, 0.3) is 0 Å². The molecule has 15 heavy (non-hydrogen) atoms. The van der Waals surface area contributed by atoms with Crippen molar-refractivity contribution in [2.24, 2.45) is 0 Å². The molecule has 1 heterocycles. The fourth-order valence-corrected chi connectivity index (χ4v) is 0.683. The van der Waals surface area contributed by atoms with Gasteiger partial charge >= 0.3 is 18.1 Å². The Kier molecular flexibility index (Phi) is 4.08. The molecule has 0 aromatic heterocycles. The van der Waals surface area contributed by atoms with E-state index >= 15 is 0 Å². The van der Waals surface area contributed by atoms with E-state index in [1.54, 1.807) is 6.92 Å².